The summed E-state index contributed by atoms with van der Waals surface area (Å²) in [5.74, 6) is -12.7. The van der Waals surface area contributed by atoms with Gasteiger partial charge in [0.05, 0.1) is 6.61 Å². The molecule has 0 fully saturated rings. The molecule has 0 aliphatic carbocycles. The third-order valence-electron chi connectivity index (χ3n) is 2.10. The predicted octanol–water partition coefficient (Wildman–Crippen LogP) is 3.92. The zero-order chi connectivity index (χ0) is 15.3. The van der Waals surface area contributed by atoms with E-state index < -0.39 is 41.0 Å². The van der Waals surface area contributed by atoms with Crippen LogP contribution in [0.15, 0.2) is 0 Å². The van der Waals surface area contributed by atoms with Gasteiger partial charge in [-0.25, -0.2) is 18.0 Å². The SMILES string of the molecule is O=C(OCCCCCl)Oc1c(F)c(F)c(F)c(F)c1F. The molecule has 0 aliphatic heterocycles. The van der Waals surface area contributed by atoms with Crippen LogP contribution in [0.5, 0.6) is 5.75 Å². The summed E-state index contributed by atoms with van der Waals surface area (Å²) < 4.78 is 72.9. The third kappa shape index (κ3) is 3.72. The van der Waals surface area contributed by atoms with E-state index in [1.807, 2.05) is 0 Å². The van der Waals surface area contributed by atoms with Crippen LogP contribution in [0.4, 0.5) is 26.7 Å². The molecule has 112 valence electrons. The Hall–Kier alpha value is -1.57. The number of hydrogen-bond donors (Lipinski definition) is 0. The second kappa shape index (κ2) is 7.28. The molecular formula is C11H8ClF5O3. The van der Waals surface area contributed by atoms with E-state index in [1.54, 1.807) is 0 Å². The van der Waals surface area contributed by atoms with Crippen molar-refractivity contribution in [3.05, 3.63) is 29.1 Å². The number of halogens is 6. The Morgan fingerprint density at radius 3 is 1.90 bits per heavy atom. The monoisotopic (exact) mass is 318 g/mol. The van der Waals surface area contributed by atoms with Crippen molar-refractivity contribution < 1.29 is 36.2 Å². The van der Waals surface area contributed by atoms with E-state index in [4.69, 9.17) is 11.6 Å². The summed E-state index contributed by atoms with van der Waals surface area (Å²) in [7, 11) is 0. The maximum atomic E-state index is 13.1. The van der Waals surface area contributed by atoms with E-state index in [0.29, 0.717) is 18.7 Å². The molecule has 0 spiro atoms. The van der Waals surface area contributed by atoms with Crippen molar-refractivity contribution in [2.75, 3.05) is 12.5 Å². The van der Waals surface area contributed by atoms with Crippen LogP contribution in [0.3, 0.4) is 0 Å². The third-order valence-corrected chi connectivity index (χ3v) is 2.37. The molecule has 9 heteroatoms. The van der Waals surface area contributed by atoms with Crippen molar-refractivity contribution in [3.8, 4) is 5.75 Å². The molecule has 1 aromatic rings. The summed E-state index contributed by atoms with van der Waals surface area (Å²) in [6.07, 6.45) is -0.713. The molecule has 0 bridgehead atoms. The van der Waals surface area contributed by atoms with Crippen LogP contribution in [0.2, 0.25) is 0 Å². The van der Waals surface area contributed by atoms with Crippen molar-refractivity contribution >= 4 is 17.8 Å². The lowest BCUT2D eigenvalue weighted by molar-refractivity contribution is 0.0937. The van der Waals surface area contributed by atoms with Gasteiger partial charge in [0.1, 0.15) is 0 Å². The molecular weight excluding hydrogens is 311 g/mol. The van der Waals surface area contributed by atoms with Crippen LogP contribution in [0.1, 0.15) is 12.8 Å². The first-order valence-corrected chi connectivity index (χ1v) is 5.85. The maximum Gasteiger partial charge on any atom is 0.514 e. The largest absolute Gasteiger partial charge is 0.514 e. The van der Waals surface area contributed by atoms with Gasteiger partial charge >= 0.3 is 6.16 Å². The van der Waals surface area contributed by atoms with E-state index in [1.165, 1.54) is 0 Å². The Labute approximate surface area is 115 Å². The van der Waals surface area contributed by atoms with Gasteiger partial charge in [-0.3, -0.25) is 0 Å². The van der Waals surface area contributed by atoms with Crippen molar-refractivity contribution in [3.63, 3.8) is 0 Å². The highest BCUT2D eigenvalue weighted by atomic mass is 35.5. The van der Waals surface area contributed by atoms with E-state index in [0.717, 1.165) is 0 Å². The highest BCUT2D eigenvalue weighted by molar-refractivity contribution is 6.17. The highest BCUT2D eigenvalue weighted by Gasteiger charge is 2.28. The first-order chi connectivity index (χ1) is 9.40. The molecule has 0 aromatic heterocycles. The molecule has 0 unspecified atom stereocenters. The molecule has 1 rings (SSSR count). The minimum absolute atomic E-state index is 0.166. The van der Waals surface area contributed by atoms with Gasteiger partial charge in [0.25, 0.3) is 0 Å². The van der Waals surface area contributed by atoms with Gasteiger partial charge in [0.15, 0.2) is 0 Å². The number of ether oxygens (including phenoxy) is 2. The van der Waals surface area contributed by atoms with Crippen molar-refractivity contribution in [1.29, 1.82) is 0 Å². The van der Waals surface area contributed by atoms with Gasteiger partial charge in [-0.05, 0) is 12.8 Å². The normalized spacial score (nSPS) is 10.5. The molecule has 0 saturated carbocycles. The summed E-state index contributed by atoms with van der Waals surface area (Å²) >= 11 is 5.35. The second-order valence-electron chi connectivity index (χ2n) is 3.50. The topological polar surface area (TPSA) is 35.5 Å². The molecule has 0 heterocycles. The summed E-state index contributed by atoms with van der Waals surface area (Å²) in [6, 6.07) is 0. The Balaban J connectivity index is 2.80. The Bertz CT molecular complexity index is 480. The average molecular weight is 319 g/mol. The van der Waals surface area contributed by atoms with Crippen LogP contribution >= 0.6 is 11.6 Å². The molecule has 3 nitrogen and oxygen atoms in total. The van der Waals surface area contributed by atoms with Gasteiger partial charge in [-0.2, -0.15) is 8.78 Å². The van der Waals surface area contributed by atoms with Gasteiger partial charge in [-0.15, -0.1) is 11.6 Å². The lowest BCUT2D eigenvalue weighted by Crippen LogP contribution is -2.15. The summed E-state index contributed by atoms with van der Waals surface area (Å²) in [4.78, 5) is 11.0. The van der Waals surface area contributed by atoms with Crippen molar-refractivity contribution in [2.45, 2.75) is 12.8 Å². The van der Waals surface area contributed by atoms with Crippen LogP contribution in [0, 0.1) is 29.1 Å². The number of rotatable bonds is 5. The summed E-state index contributed by atoms with van der Waals surface area (Å²) in [5.41, 5.74) is 0. The fourth-order valence-electron chi connectivity index (χ4n) is 1.14. The van der Waals surface area contributed by atoms with Crippen LogP contribution in [-0.4, -0.2) is 18.6 Å². The molecule has 1 aromatic carbocycles. The van der Waals surface area contributed by atoms with E-state index in [2.05, 4.69) is 9.47 Å². The zero-order valence-corrected chi connectivity index (χ0v) is 10.6. The fourth-order valence-corrected chi connectivity index (χ4v) is 1.33. The molecule has 0 radical (unpaired) electrons. The fraction of sp³-hybridized carbons (Fsp3) is 0.364. The van der Waals surface area contributed by atoms with Crippen molar-refractivity contribution in [2.24, 2.45) is 0 Å². The Morgan fingerprint density at radius 1 is 0.900 bits per heavy atom. The van der Waals surface area contributed by atoms with Gasteiger partial charge in [0, 0.05) is 5.88 Å². The lowest BCUT2D eigenvalue weighted by Gasteiger charge is -2.08. The van der Waals surface area contributed by atoms with Gasteiger partial charge < -0.3 is 9.47 Å². The molecule has 20 heavy (non-hydrogen) atoms. The number of hydrogen-bond acceptors (Lipinski definition) is 3. The number of carbonyl (C=O) groups is 1. The molecule has 0 saturated heterocycles. The van der Waals surface area contributed by atoms with Crippen LogP contribution < -0.4 is 4.74 Å². The lowest BCUT2D eigenvalue weighted by atomic mass is 10.3. The Kier molecular flexibility index (Phi) is 6.00. The Morgan fingerprint density at radius 2 is 1.40 bits per heavy atom. The summed E-state index contributed by atoms with van der Waals surface area (Å²) in [5, 5.41) is 0. The molecule has 0 amide bonds. The highest BCUT2D eigenvalue weighted by Crippen LogP contribution is 2.29. The standard InChI is InChI=1S/C11H8ClF5O3/c12-3-1-2-4-19-11(18)20-10-8(16)6(14)5(13)7(15)9(10)17/h1-4H2. The van der Waals surface area contributed by atoms with Gasteiger partial charge in [0.2, 0.25) is 34.8 Å². The number of unbranched alkanes of at least 4 members (excludes halogenated alkanes) is 1. The molecule has 0 atom stereocenters. The van der Waals surface area contributed by atoms with Crippen LogP contribution in [-0.2, 0) is 4.74 Å². The van der Waals surface area contributed by atoms with E-state index in [-0.39, 0.29) is 6.61 Å². The first kappa shape index (κ1) is 16.5. The first-order valence-electron chi connectivity index (χ1n) is 5.32. The van der Waals surface area contributed by atoms with Crippen molar-refractivity contribution in [1.82, 2.24) is 0 Å². The quantitative estimate of drug-likeness (QED) is 0.157. The number of carbonyl (C=O) groups excluding carboxylic acids is 1. The zero-order valence-electron chi connectivity index (χ0n) is 9.82. The molecule has 0 aliphatic rings. The maximum absolute atomic E-state index is 13.1. The molecule has 0 N–H and O–H groups in total. The van der Waals surface area contributed by atoms with Crippen LogP contribution in [0.25, 0.3) is 0 Å². The van der Waals surface area contributed by atoms with E-state index in [9.17, 15) is 26.7 Å². The smallest absolute Gasteiger partial charge is 0.434 e. The predicted molar refractivity (Wildman–Crippen MR) is 58.2 cm³/mol. The van der Waals surface area contributed by atoms with E-state index >= 15 is 0 Å². The minimum Gasteiger partial charge on any atom is -0.434 e. The average Bonchev–Trinajstić information content (AvgIpc) is 2.44. The number of benzene rings is 1. The van der Waals surface area contributed by atoms with Gasteiger partial charge in [-0.1, -0.05) is 0 Å². The minimum atomic E-state index is -2.34. The number of alkyl halides is 1. The summed E-state index contributed by atoms with van der Waals surface area (Å²) in [6.45, 7) is -0.166. The second-order valence-corrected chi connectivity index (χ2v) is 3.87.